The molecule has 2 aromatic carbocycles. The Morgan fingerprint density at radius 2 is 1.97 bits per heavy atom. The van der Waals surface area contributed by atoms with E-state index in [1.807, 2.05) is 55.5 Å². The van der Waals surface area contributed by atoms with Crippen molar-refractivity contribution in [2.75, 3.05) is 13.2 Å². The van der Waals surface area contributed by atoms with E-state index < -0.39 is 12.0 Å². The van der Waals surface area contributed by atoms with Gasteiger partial charge in [0.05, 0.1) is 12.6 Å². The molecular formula is C26H29NO4S. The summed E-state index contributed by atoms with van der Waals surface area (Å²) in [5.41, 5.74) is 3.30. The molecule has 168 valence electrons. The van der Waals surface area contributed by atoms with Gasteiger partial charge in [-0.2, -0.15) is 0 Å². The molecule has 1 saturated heterocycles. The second-order valence-electron chi connectivity index (χ2n) is 8.08. The maximum atomic E-state index is 11.9. The van der Waals surface area contributed by atoms with Crippen molar-refractivity contribution in [1.29, 1.82) is 0 Å². The van der Waals surface area contributed by atoms with Crippen LogP contribution in [0, 0.1) is 6.92 Å². The number of hydrogen-bond acceptors (Lipinski definition) is 5. The first kappa shape index (κ1) is 22.4. The molecule has 0 saturated carbocycles. The lowest BCUT2D eigenvalue weighted by Crippen LogP contribution is -2.39. The molecule has 2 unspecified atom stereocenters. The molecule has 6 heteroatoms. The molecule has 0 amide bonds. The number of carboxylic acid groups (broad SMARTS) is 1. The average molecular weight is 452 g/mol. The topological polar surface area (TPSA) is 59.0 Å². The fourth-order valence-corrected chi connectivity index (χ4v) is 5.34. The van der Waals surface area contributed by atoms with E-state index in [-0.39, 0.29) is 6.04 Å². The molecule has 1 aliphatic heterocycles. The maximum Gasteiger partial charge on any atom is 0.320 e. The highest BCUT2D eigenvalue weighted by Gasteiger charge is 2.37. The third-order valence-corrected chi connectivity index (χ3v) is 6.85. The zero-order chi connectivity index (χ0) is 22.5. The van der Waals surface area contributed by atoms with Crippen LogP contribution in [0.1, 0.15) is 47.4 Å². The van der Waals surface area contributed by atoms with Crippen molar-refractivity contribution in [2.24, 2.45) is 0 Å². The minimum atomic E-state index is -0.756. The molecule has 1 aliphatic rings. The average Bonchev–Trinajstić information content (AvgIpc) is 3.44. The van der Waals surface area contributed by atoms with E-state index >= 15 is 0 Å². The van der Waals surface area contributed by atoms with Gasteiger partial charge in [0.2, 0.25) is 0 Å². The van der Waals surface area contributed by atoms with Gasteiger partial charge in [-0.15, -0.1) is 11.3 Å². The van der Waals surface area contributed by atoms with Gasteiger partial charge in [0.1, 0.15) is 12.6 Å². The summed E-state index contributed by atoms with van der Waals surface area (Å²) in [6.07, 6.45) is 1.56. The minimum Gasteiger partial charge on any atom is -0.490 e. The molecule has 0 aliphatic carbocycles. The van der Waals surface area contributed by atoms with Crippen LogP contribution in [-0.2, 0) is 11.4 Å². The largest absolute Gasteiger partial charge is 0.490 e. The molecule has 32 heavy (non-hydrogen) atoms. The SMILES string of the molecule is CCOc1cc(C(c2cc(C)cs2)N2CCCC2C(=O)O)ccc1OCc1ccccc1. The Morgan fingerprint density at radius 3 is 2.66 bits per heavy atom. The number of likely N-dealkylation sites (tertiary alicyclic amines) is 1. The summed E-state index contributed by atoms with van der Waals surface area (Å²) in [6, 6.07) is 17.6. The van der Waals surface area contributed by atoms with Gasteiger partial charge in [-0.25, -0.2) is 0 Å². The van der Waals surface area contributed by atoms with Gasteiger partial charge in [-0.3, -0.25) is 9.69 Å². The lowest BCUT2D eigenvalue weighted by atomic mass is 10.0. The standard InChI is InChI=1S/C26H29NO4S/c1-3-30-23-15-20(11-12-22(23)31-16-19-8-5-4-6-9-19)25(24-14-18(2)17-32-24)27-13-7-10-21(27)26(28)29/h4-6,8-9,11-12,14-15,17,21,25H,3,7,10,13,16H2,1-2H3,(H,28,29). The van der Waals surface area contributed by atoms with Crippen LogP contribution in [0.3, 0.4) is 0 Å². The molecular weight excluding hydrogens is 422 g/mol. The van der Waals surface area contributed by atoms with E-state index in [0.29, 0.717) is 31.1 Å². The second-order valence-corrected chi connectivity index (χ2v) is 9.02. The van der Waals surface area contributed by atoms with Crippen molar-refractivity contribution in [3.63, 3.8) is 0 Å². The monoisotopic (exact) mass is 451 g/mol. The molecule has 1 N–H and O–H groups in total. The number of aryl methyl sites for hydroxylation is 1. The first-order chi connectivity index (χ1) is 15.6. The minimum absolute atomic E-state index is 0.125. The van der Waals surface area contributed by atoms with Crippen LogP contribution >= 0.6 is 11.3 Å². The molecule has 0 bridgehead atoms. The van der Waals surface area contributed by atoms with Crippen molar-refractivity contribution < 1.29 is 19.4 Å². The Labute approximate surface area is 193 Å². The van der Waals surface area contributed by atoms with Gasteiger partial charge in [0, 0.05) is 11.4 Å². The molecule has 3 aromatic rings. The van der Waals surface area contributed by atoms with Gasteiger partial charge in [-0.1, -0.05) is 36.4 Å². The van der Waals surface area contributed by atoms with Crippen LogP contribution in [0.5, 0.6) is 11.5 Å². The quantitative estimate of drug-likeness (QED) is 0.454. The number of nitrogens with zero attached hydrogens (tertiary/aromatic N) is 1. The second kappa shape index (κ2) is 10.2. The maximum absolute atomic E-state index is 11.9. The van der Waals surface area contributed by atoms with Gasteiger partial charge >= 0.3 is 5.97 Å². The van der Waals surface area contributed by atoms with Crippen molar-refractivity contribution >= 4 is 17.3 Å². The lowest BCUT2D eigenvalue weighted by Gasteiger charge is -2.31. The predicted octanol–water partition coefficient (Wildman–Crippen LogP) is 5.67. The Morgan fingerprint density at radius 1 is 1.16 bits per heavy atom. The number of carboxylic acids is 1. The smallest absolute Gasteiger partial charge is 0.320 e. The highest BCUT2D eigenvalue weighted by Crippen LogP contribution is 2.41. The van der Waals surface area contributed by atoms with E-state index in [2.05, 4.69) is 23.3 Å². The molecule has 4 rings (SSSR count). The van der Waals surface area contributed by atoms with Gasteiger partial charge in [0.25, 0.3) is 0 Å². The summed E-state index contributed by atoms with van der Waals surface area (Å²) >= 11 is 1.68. The molecule has 2 atom stereocenters. The summed E-state index contributed by atoms with van der Waals surface area (Å²) in [4.78, 5) is 15.2. The van der Waals surface area contributed by atoms with E-state index in [4.69, 9.17) is 9.47 Å². The summed E-state index contributed by atoms with van der Waals surface area (Å²) in [7, 11) is 0. The lowest BCUT2D eigenvalue weighted by molar-refractivity contribution is -0.142. The summed E-state index contributed by atoms with van der Waals surface area (Å²) in [5, 5.41) is 11.9. The number of benzene rings is 2. The number of aliphatic carboxylic acids is 1. The highest BCUT2D eigenvalue weighted by atomic mass is 32.1. The Bertz CT molecular complexity index is 1050. The van der Waals surface area contributed by atoms with Crippen LogP contribution in [0.15, 0.2) is 60.0 Å². The number of thiophene rings is 1. The first-order valence-electron chi connectivity index (χ1n) is 11.0. The predicted molar refractivity (Wildman–Crippen MR) is 127 cm³/mol. The third-order valence-electron chi connectivity index (χ3n) is 5.75. The molecule has 5 nitrogen and oxygen atoms in total. The van der Waals surface area contributed by atoms with Gasteiger partial charge in [-0.05, 0) is 67.0 Å². The zero-order valence-corrected chi connectivity index (χ0v) is 19.3. The molecule has 1 aromatic heterocycles. The normalized spacial score (nSPS) is 17.2. The van der Waals surface area contributed by atoms with Crippen LogP contribution in [0.25, 0.3) is 0 Å². The number of carbonyl (C=O) groups is 1. The van der Waals surface area contributed by atoms with E-state index in [9.17, 15) is 9.90 Å². The molecule has 1 fully saturated rings. The third kappa shape index (κ3) is 4.97. The first-order valence-corrected chi connectivity index (χ1v) is 11.9. The van der Waals surface area contributed by atoms with Crippen molar-refractivity contribution in [1.82, 2.24) is 4.90 Å². The number of hydrogen-bond donors (Lipinski definition) is 1. The fourth-order valence-electron chi connectivity index (χ4n) is 4.30. The fraction of sp³-hybridized carbons (Fsp3) is 0.346. The van der Waals surface area contributed by atoms with Crippen LogP contribution in [0.4, 0.5) is 0 Å². The van der Waals surface area contributed by atoms with Crippen molar-refractivity contribution in [3.8, 4) is 11.5 Å². The summed E-state index contributed by atoms with van der Waals surface area (Å²) in [6.45, 7) is 5.77. The van der Waals surface area contributed by atoms with Crippen LogP contribution < -0.4 is 9.47 Å². The Balaban J connectivity index is 1.67. The van der Waals surface area contributed by atoms with Crippen LogP contribution in [-0.4, -0.2) is 35.2 Å². The number of rotatable bonds is 9. The zero-order valence-electron chi connectivity index (χ0n) is 18.5. The summed E-state index contributed by atoms with van der Waals surface area (Å²) < 4.78 is 12.0. The van der Waals surface area contributed by atoms with E-state index in [1.165, 1.54) is 5.56 Å². The van der Waals surface area contributed by atoms with E-state index in [1.54, 1.807) is 11.3 Å². The summed E-state index contributed by atoms with van der Waals surface area (Å²) in [5.74, 6) is 0.621. The molecule has 0 spiro atoms. The molecule has 0 radical (unpaired) electrons. The van der Waals surface area contributed by atoms with Crippen molar-refractivity contribution in [3.05, 3.63) is 81.5 Å². The Kier molecular flexibility index (Phi) is 7.12. The van der Waals surface area contributed by atoms with Gasteiger partial charge in [0.15, 0.2) is 11.5 Å². The highest BCUT2D eigenvalue weighted by molar-refractivity contribution is 7.10. The van der Waals surface area contributed by atoms with Crippen LogP contribution in [0.2, 0.25) is 0 Å². The number of ether oxygens (including phenoxy) is 2. The van der Waals surface area contributed by atoms with Crippen molar-refractivity contribution in [2.45, 2.75) is 45.4 Å². The van der Waals surface area contributed by atoms with E-state index in [0.717, 1.165) is 29.0 Å². The van der Waals surface area contributed by atoms with Gasteiger partial charge < -0.3 is 14.6 Å². The Hall–Kier alpha value is -2.83. The molecule has 2 heterocycles.